The van der Waals surface area contributed by atoms with Gasteiger partial charge in [0, 0.05) is 0 Å². The van der Waals surface area contributed by atoms with E-state index in [1.54, 1.807) is 0 Å². The molecular weight excluding hydrogens is 314 g/mol. The summed E-state index contributed by atoms with van der Waals surface area (Å²) in [4.78, 5) is 10.5. The lowest BCUT2D eigenvalue weighted by molar-refractivity contribution is 0.249. The number of carbonyl (C=O) groups is 1. The number of primary amides is 1. The lowest BCUT2D eigenvalue weighted by Crippen LogP contribution is -2.24. The second kappa shape index (κ2) is 7.79. The highest BCUT2D eigenvalue weighted by molar-refractivity contribution is 5.81. The van der Waals surface area contributed by atoms with Crippen LogP contribution in [0.5, 0.6) is 11.5 Å². The Morgan fingerprint density at radius 1 is 0.840 bits per heavy atom. The number of urea groups is 1. The van der Waals surface area contributed by atoms with Crippen molar-refractivity contribution in [2.24, 2.45) is 10.8 Å². The third kappa shape index (κ3) is 4.68. The zero-order chi connectivity index (χ0) is 17.5. The maximum Gasteiger partial charge on any atom is 0.332 e. The fourth-order valence-corrected chi connectivity index (χ4v) is 2.27. The minimum Gasteiger partial charge on any atom is -0.457 e. The summed E-state index contributed by atoms with van der Waals surface area (Å²) in [6, 6.07) is 24.7. The minimum absolute atomic E-state index is 0.699. The van der Waals surface area contributed by atoms with E-state index in [2.05, 4.69) is 22.7 Å². The van der Waals surface area contributed by atoms with E-state index in [4.69, 9.17) is 10.5 Å². The first-order chi connectivity index (χ1) is 12.2. The van der Waals surface area contributed by atoms with E-state index < -0.39 is 6.03 Å². The summed E-state index contributed by atoms with van der Waals surface area (Å²) in [5, 5.41) is 3.70. The number of hydrogen-bond acceptors (Lipinski definition) is 3. The largest absolute Gasteiger partial charge is 0.457 e. The maximum absolute atomic E-state index is 10.5. The summed E-state index contributed by atoms with van der Waals surface area (Å²) >= 11 is 0. The van der Waals surface area contributed by atoms with Crippen molar-refractivity contribution in [3.8, 4) is 22.6 Å². The van der Waals surface area contributed by atoms with Crippen LogP contribution in [0.25, 0.3) is 11.1 Å². The standard InChI is InChI=1S/C20H17N3O2/c21-20(24)23-22-14-15-6-10-18(11-7-15)25-19-12-8-17(9-13-19)16-4-2-1-3-5-16/h1-14H,(H3,21,23,24)/b22-14-. The molecule has 0 heterocycles. The minimum atomic E-state index is -0.699. The van der Waals surface area contributed by atoms with Gasteiger partial charge in [-0.1, -0.05) is 42.5 Å². The molecule has 0 unspecified atom stereocenters. The maximum atomic E-state index is 10.5. The van der Waals surface area contributed by atoms with Crippen molar-refractivity contribution in [1.29, 1.82) is 0 Å². The van der Waals surface area contributed by atoms with E-state index >= 15 is 0 Å². The molecule has 0 aliphatic carbocycles. The third-order valence-electron chi connectivity index (χ3n) is 3.47. The molecule has 0 aliphatic heterocycles. The van der Waals surface area contributed by atoms with Crippen LogP contribution >= 0.6 is 0 Å². The SMILES string of the molecule is NC(=O)N/N=C\c1ccc(Oc2ccc(-c3ccccc3)cc2)cc1. The van der Waals surface area contributed by atoms with Crippen LogP contribution in [0, 0.1) is 0 Å². The molecule has 0 radical (unpaired) electrons. The topological polar surface area (TPSA) is 76.7 Å². The average Bonchev–Trinajstić information content (AvgIpc) is 2.64. The van der Waals surface area contributed by atoms with E-state index in [0.29, 0.717) is 5.75 Å². The Hall–Kier alpha value is -3.60. The first-order valence-corrected chi connectivity index (χ1v) is 7.72. The molecular formula is C20H17N3O2. The summed E-state index contributed by atoms with van der Waals surface area (Å²) in [5.74, 6) is 1.48. The molecule has 3 N–H and O–H groups in total. The van der Waals surface area contributed by atoms with E-state index in [1.165, 1.54) is 11.8 Å². The Morgan fingerprint density at radius 3 is 2.00 bits per heavy atom. The van der Waals surface area contributed by atoms with Crippen LogP contribution < -0.4 is 15.9 Å². The Kier molecular flexibility index (Phi) is 5.07. The lowest BCUT2D eigenvalue weighted by Gasteiger charge is -2.07. The van der Waals surface area contributed by atoms with E-state index in [-0.39, 0.29) is 0 Å². The number of rotatable bonds is 5. The number of amides is 2. The molecule has 0 saturated carbocycles. The molecule has 5 nitrogen and oxygen atoms in total. The highest BCUT2D eigenvalue weighted by Gasteiger charge is 2.00. The summed E-state index contributed by atoms with van der Waals surface area (Å²) in [6.45, 7) is 0. The van der Waals surface area contributed by atoms with Crippen molar-refractivity contribution in [2.45, 2.75) is 0 Å². The predicted octanol–water partition coefficient (Wildman–Crippen LogP) is 4.15. The molecule has 3 aromatic rings. The van der Waals surface area contributed by atoms with Gasteiger partial charge in [0.15, 0.2) is 0 Å². The van der Waals surface area contributed by atoms with Crippen LogP contribution in [0.2, 0.25) is 0 Å². The second-order valence-corrected chi connectivity index (χ2v) is 5.30. The highest BCUT2D eigenvalue weighted by atomic mass is 16.5. The van der Waals surface area contributed by atoms with Gasteiger partial charge in [-0.05, 0) is 53.1 Å². The monoisotopic (exact) mass is 331 g/mol. The quantitative estimate of drug-likeness (QED) is 0.544. The van der Waals surface area contributed by atoms with Crippen LogP contribution in [-0.4, -0.2) is 12.2 Å². The van der Waals surface area contributed by atoms with E-state index in [9.17, 15) is 4.79 Å². The molecule has 0 spiro atoms. The van der Waals surface area contributed by atoms with Gasteiger partial charge in [0.1, 0.15) is 11.5 Å². The predicted molar refractivity (Wildman–Crippen MR) is 98.7 cm³/mol. The van der Waals surface area contributed by atoms with Crippen LogP contribution in [0.1, 0.15) is 5.56 Å². The van der Waals surface area contributed by atoms with Gasteiger partial charge >= 0.3 is 6.03 Å². The average molecular weight is 331 g/mol. The van der Waals surface area contributed by atoms with Gasteiger partial charge in [-0.25, -0.2) is 10.2 Å². The molecule has 0 atom stereocenters. The van der Waals surface area contributed by atoms with Gasteiger partial charge in [-0.2, -0.15) is 5.10 Å². The van der Waals surface area contributed by atoms with Gasteiger partial charge in [-0.3, -0.25) is 0 Å². The number of nitrogens with zero attached hydrogens (tertiary/aromatic N) is 1. The Bertz CT molecular complexity index is 858. The van der Waals surface area contributed by atoms with E-state index in [1.807, 2.05) is 66.7 Å². The Morgan fingerprint density at radius 2 is 1.40 bits per heavy atom. The van der Waals surface area contributed by atoms with Gasteiger partial charge in [0.05, 0.1) is 6.21 Å². The number of hydrogen-bond donors (Lipinski definition) is 2. The molecule has 5 heteroatoms. The van der Waals surface area contributed by atoms with Crippen molar-refractivity contribution in [3.05, 3.63) is 84.4 Å². The zero-order valence-corrected chi connectivity index (χ0v) is 13.4. The number of ether oxygens (including phenoxy) is 1. The Labute approximate surface area is 145 Å². The molecule has 2 amide bonds. The van der Waals surface area contributed by atoms with Crippen LogP contribution in [0.3, 0.4) is 0 Å². The molecule has 0 bridgehead atoms. The van der Waals surface area contributed by atoms with Crippen molar-refractivity contribution in [1.82, 2.24) is 5.43 Å². The lowest BCUT2D eigenvalue weighted by atomic mass is 10.1. The Balaban J connectivity index is 1.64. The summed E-state index contributed by atoms with van der Waals surface area (Å²) < 4.78 is 5.83. The summed E-state index contributed by atoms with van der Waals surface area (Å²) in [7, 11) is 0. The normalized spacial score (nSPS) is 10.6. The number of nitrogens with one attached hydrogen (secondary N) is 1. The van der Waals surface area contributed by atoms with Crippen LogP contribution in [0.15, 0.2) is 84.0 Å². The number of carbonyl (C=O) groups excluding carboxylic acids is 1. The fourth-order valence-electron chi connectivity index (χ4n) is 2.27. The molecule has 3 rings (SSSR count). The number of hydrazone groups is 1. The van der Waals surface area contributed by atoms with Crippen molar-refractivity contribution < 1.29 is 9.53 Å². The first-order valence-electron chi connectivity index (χ1n) is 7.72. The number of nitrogens with two attached hydrogens (primary N) is 1. The van der Waals surface area contributed by atoms with Crippen molar-refractivity contribution >= 4 is 12.2 Å². The zero-order valence-electron chi connectivity index (χ0n) is 13.4. The van der Waals surface area contributed by atoms with Crippen LogP contribution in [-0.2, 0) is 0 Å². The smallest absolute Gasteiger partial charge is 0.332 e. The van der Waals surface area contributed by atoms with Gasteiger partial charge in [0.25, 0.3) is 0 Å². The van der Waals surface area contributed by atoms with Gasteiger partial charge in [-0.15, -0.1) is 0 Å². The summed E-state index contributed by atoms with van der Waals surface area (Å²) in [6.07, 6.45) is 1.50. The molecule has 0 saturated heterocycles. The first kappa shape index (κ1) is 16.3. The van der Waals surface area contributed by atoms with Gasteiger partial charge in [0.2, 0.25) is 0 Å². The molecule has 0 aromatic heterocycles. The van der Waals surface area contributed by atoms with E-state index in [0.717, 1.165) is 16.9 Å². The molecule has 124 valence electrons. The molecule has 0 aliphatic rings. The van der Waals surface area contributed by atoms with Crippen molar-refractivity contribution in [3.63, 3.8) is 0 Å². The van der Waals surface area contributed by atoms with Crippen molar-refractivity contribution in [2.75, 3.05) is 0 Å². The highest BCUT2D eigenvalue weighted by Crippen LogP contribution is 2.25. The molecule has 25 heavy (non-hydrogen) atoms. The van der Waals surface area contributed by atoms with Gasteiger partial charge < -0.3 is 10.5 Å². The molecule has 3 aromatic carbocycles. The molecule has 0 fully saturated rings. The summed E-state index contributed by atoms with van der Waals surface area (Å²) in [5.41, 5.74) is 10.2. The second-order valence-electron chi connectivity index (χ2n) is 5.30. The third-order valence-corrected chi connectivity index (χ3v) is 3.47. The fraction of sp³-hybridized carbons (Fsp3) is 0. The number of benzene rings is 3. The van der Waals surface area contributed by atoms with Crippen LogP contribution in [0.4, 0.5) is 4.79 Å².